The minimum atomic E-state index is 0.175. The zero-order valence-electron chi connectivity index (χ0n) is 14.0. The zero-order chi connectivity index (χ0) is 17.6. The molecule has 0 aliphatic heterocycles. The summed E-state index contributed by atoms with van der Waals surface area (Å²) < 4.78 is 10.3. The number of methoxy groups -OCH3 is 2. The van der Waals surface area contributed by atoms with Crippen LogP contribution in [0.2, 0.25) is 0 Å². The highest BCUT2D eigenvalue weighted by atomic mass is 16.5. The van der Waals surface area contributed by atoms with E-state index >= 15 is 0 Å². The van der Waals surface area contributed by atoms with Crippen LogP contribution >= 0.6 is 0 Å². The number of rotatable bonds is 6. The van der Waals surface area contributed by atoms with Crippen molar-refractivity contribution in [2.24, 2.45) is 0 Å². The lowest BCUT2D eigenvalue weighted by molar-refractivity contribution is 0.415. The maximum Gasteiger partial charge on any atom is 0.223 e. The predicted molar refractivity (Wildman–Crippen MR) is 99.0 cm³/mol. The van der Waals surface area contributed by atoms with Crippen molar-refractivity contribution in [2.75, 3.05) is 30.6 Å². The molecule has 3 rings (SSSR count). The molecule has 7 heteroatoms. The normalized spacial score (nSPS) is 10.2. The molecule has 0 saturated carbocycles. The average molecular weight is 337 g/mol. The molecular formula is C18H19N5O2. The zero-order valence-corrected chi connectivity index (χ0v) is 14.0. The van der Waals surface area contributed by atoms with Gasteiger partial charge in [-0.3, -0.25) is 0 Å². The van der Waals surface area contributed by atoms with E-state index < -0.39 is 0 Å². The fourth-order valence-electron chi connectivity index (χ4n) is 2.24. The Bertz CT molecular complexity index is 767. The van der Waals surface area contributed by atoms with Gasteiger partial charge in [0, 0.05) is 17.4 Å². The van der Waals surface area contributed by atoms with E-state index in [0.29, 0.717) is 11.6 Å². The smallest absolute Gasteiger partial charge is 0.223 e. The predicted octanol–water partition coefficient (Wildman–Crippen LogP) is 3.56. The van der Waals surface area contributed by atoms with Gasteiger partial charge in [0.25, 0.3) is 0 Å². The van der Waals surface area contributed by atoms with Gasteiger partial charge in [-0.15, -0.1) is 0 Å². The molecule has 0 amide bonds. The van der Waals surface area contributed by atoms with Crippen LogP contribution in [0.1, 0.15) is 0 Å². The molecule has 3 aromatic rings. The molecule has 0 spiro atoms. The van der Waals surface area contributed by atoms with Crippen LogP contribution in [-0.4, -0.2) is 24.2 Å². The largest absolute Gasteiger partial charge is 0.497 e. The summed E-state index contributed by atoms with van der Waals surface area (Å²) in [5, 5.41) is 6.39. The number of nitrogens with zero attached hydrogens (tertiary/aromatic N) is 2. The molecule has 0 unspecified atom stereocenters. The van der Waals surface area contributed by atoms with Gasteiger partial charge >= 0.3 is 0 Å². The van der Waals surface area contributed by atoms with Gasteiger partial charge in [0.05, 0.1) is 14.2 Å². The molecule has 0 aliphatic rings. The summed E-state index contributed by atoms with van der Waals surface area (Å²) in [4.78, 5) is 8.41. The first-order valence-electron chi connectivity index (χ1n) is 7.63. The molecule has 0 bridgehead atoms. The number of nitrogens with one attached hydrogen (secondary N) is 2. The van der Waals surface area contributed by atoms with Gasteiger partial charge in [-0.25, -0.2) is 0 Å². The molecule has 0 aliphatic carbocycles. The average Bonchev–Trinajstić information content (AvgIpc) is 2.62. The van der Waals surface area contributed by atoms with Gasteiger partial charge in [0.1, 0.15) is 23.1 Å². The number of ether oxygens (including phenoxy) is 2. The maximum atomic E-state index is 5.82. The number of anilines is 5. The Labute approximate surface area is 145 Å². The first-order chi connectivity index (χ1) is 12.2. The van der Waals surface area contributed by atoms with Gasteiger partial charge in [-0.1, -0.05) is 0 Å². The fourth-order valence-corrected chi connectivity index (χ4v) is 2.24. The third-order valence-electron chi connectivity index (χ3n) is 3.47. The van der Waals surface area contributed by atoms with Crippen molar-refractivity contribution < 1.29 is 9.47 Å². The van der Waals surface area contributed by atoms with Crippen LogP contribution in [0.5, 0.6) is 11.5 Å². The molecule has 0 saturated heterocycles. The SMILES string of the molecule is COc1ccc(Nc2cc(Nc3ccc(OC)cc3)nc(N)n2)cc1. The molecule has 0 radical (unpaired) electrons. The van der Waals surface area contributed by atoms with Crippen LogP contribution in [0.25, 0.3) is 0 Å². The second-order valence-electron chi connectivity index (χ2n) is 5.20. The van der Waals surface area contributed by atoms with E-state index in [4.69, 9.17) is 15.2 Å². The Morgan fingerprint density at radius 3 is 1.48 bits per heavy atom. The molecule has 0 fully saturated rings. The van der Waals surface area contributed by atoms with Gasteiger partial charge in [0.2, 0.25) is 5.95 Å². The van der Waals surface area contributed by atoms with E-state index in [-0.39, 0.29) is 5.95 Å². The summed E-state index contributed by atoms with van der Waals surface area (Å²) >= 11 is 0. The standard InChI is InChI=1S/C18H19N5O2/c1-24-14-7-3-12(4-8-14)20-16-11-17(23-18(19)22-16)21-13-5-9-15(25-2)10-6-13/h3-11H,1-2H3,(H4,19,20,21,22,23). The second kappa shape index (κ2) is 7.39. The Morgan fingerprint density at radius 2 is 1.12 bits per heavy atom. The van der Waals surface area contributed by atoms with Crippen molar-refractivity contribution in [1.29, 1.82) is 0 Å². The van der Waals surface area contributed by atoms with Crippen molar-refractivity contribution in [2.45, 2.75) is 0 Å². The summed E-state index contributed by atoms with van der Waals surface area (Å²) in [6.45, 7) is 0. The topological polar surface area (TPSA) is 94.3 Å². The Balaban J connectivity index is 1.76. The first-order valence-corrected chi connectivity index (χ1v) is 7.63. The summed E-state index contributed by atoms with van der Waals surface area (Å²) in [6.07, 6.45) is 0. The number of aromatic nitrogens is 2. The fraction of sp³-hybridized carbons (Fsp3) is 0.111. The summed E-state index contributed by atoms with van der Waals surface area (Å²) in [5.41, 5.74) is 7.56. The first kappa shape index (κ1) is 16.4. The lowest BCUT2D eigenvalue weighted by Crippen LogP contribution is -2.03. The van der Waals surface area contributed by atoms with Crippen LogP contribution in [0.3, 0.4) is 0 Å². The van der Waals surface area contributed by atoms with Crippen molar-refractivity contribution in [3.63, 3.8) is 0 Å². The van der Waals surface area contributed by atoms with Crippen molar-refractivity contribution >= 4 is 29.0 Å². The third-order valence-corrected chi connectivity index (χ3v) is 3.47. The van der Waals surface area contributed by atoms with Crippen LogP contribution in [0, 0.1) is 0 Å². The molecule has 2 aromatic carbocycles. The molecule has 25 heavy (non-hydrogen) atoms. The number of nitrogens with two attached hydrogens (primary N) is 1. The molecule has 0 atom stereocenters. The Hall–Kier alpha value is -3.48. The molecule has 1 heterocycles. The van der Waals surface area contributed by atoms with Gasteiger partial charge in [0.15, 0.2) is 0 Å². The van der Waals surface area contributed by atoms with Crippen LogP contribution < -0.4 is 25.8 Å². The van der Waals surface area contributed by atoms with Crippen LogP contribution in [0.15, 0.2) is 54.6 Å². The number of benzene rings is 2. The molecular weight excluding hydrogens is 318 g/mol. The molecule has 7 nitrogen and oxygen atoms in total. The van der Waals surface area contributed by atoms with E-state index in [1.165, 1.54) is 0 Å². The highest BCUT2D eigenvalue weighted by molar-refractivity contribution is 5.65. The van der Waals surface area contributed by atoms with Gasteiger partial charge < -0.3 is 25.8 Å². The van der Waals surface area contributed by atoms with Crippen molar-refractivity contribution in [3.05, 3.63) is 54.6 Å². The second-order valence-corrected chi connectivity index (χ2v) is 5.20. The van der Waals surface area contributed by atoms with Gasteiger partial charge in [-0.05, 0) is 48.5 Å². The van der Waals surface area contributed by atoms with Crippen molar-refractivity contribution in [1.82, 2.24) is 9.97 Å². The van der Waals surface area contributed by atoms with E-state index in [1.807, 2.05) is 48.5 Å². The maximum absolute atomic E-state index is 5.82. The lowest BCUT2D eigenvalue weighted by Gasteiger charge is -2.11. The molecule has 4 N–H and O–H groups in total. The minimum Gasteiger partial charge on any atom is -0.497 e. The summed E-state index contributed by atoms with van der Waals surface area (Å²) in [7, 11) is 3.26. The Kier molecular flexibility index (Phi) is 4.84. The molecule has 1 aromatic heterocycles. The minimum absolute atomic E-state index is 0.175. The van der Waals surface area contributed by atoms with E-state index in [1.54, 1.807) is 20.3 Å². The van der Waals surface area contributed by atoms with Gasteiger partial charge in [-0.2, -0.15) is 9.97 Å². The number of hydrogen-bond acceptors (Lipinski definition) is 7. The quantitative estimate of drug-likeness (QED) is 0.633. The molecule has 128 valence electrons. The highest BCUT2D eigenvalue weighted by Crippen LogP contribution is 2.23. The highest BCUT2D eigenvalue weighted by Gasteiger charge is 2.04. The summed E-state index contributed by atoms with van der Waals surface area (Å²) in [6, 6.07) is 16.8. The third kappa shape index (κ3) is 4.29. The van der Waals surface area contributed by atoms with Crippen molar-refractivity contribution in [3.8, 4) is 11.5 Å². The Morgan fingerprint density at radius 1 is 0.720 bits per heavy atom. The lowest BCUT2D eigenvalue weighted by atomic mass is 10.3. The number of nitrogen functional groups attached to an aromatic ring is 1. The summed E-state index contributed by atoms with van der Waals surface area (Å²) in [5.74, 6) is 2.93. The number of hydrogen-bond donors (Lipinski definition) is 3. The van der Waals surface area contributed by atoms with E-state index in [2.05, 4.69) is 20.6 Å². The van der Waals surface area contributed by atoms with Crippen LogP contribution in [0.4, 0.5) is 29.0 Å². The van der Waals surface area contributed by atoms with E-state index in [0.717, 1.165) is 22.9 Å². The van der Waals surface area contributed by atoms with Crippen LogP contribution in [-0.2, 0) is 0 Å². The van der Waals surface area contributed by atoms with E-state index in [9.17, 15) is 0 Å². The monoisotopic (exact) mass is 337 g/mol.